The lowest BCUT2D eigenvalue weighted by Crippen LogP contribution is -2.40. The predicted octanol–water partition coefficient (Wildman–Crippen LogP) is 4.27. The lowest BCUT2D eigenvalue weighted by atomic mass is 10.0. The second-order valence-electron chi connectivity index (χ2n) is 6.49. The summed E-state index contributed by atoms with van der Waals surface area (Å²) in [5, 5.41) is 14.0. The molecule has 2 aromatic carbocycles. The van der Waals surface area contributed by atoms with Gasteiger partial charge in [0.1, 0.15) is 12.3 Å². The third kappa shape index (κ3) is 5.71. The first kappa shape index (κ1) is 20.2. The van der Waals surface area contributed by atoms with Crippen molar-refractivity contribution in [3.05, 3.63) is 70.7 Å². The van der Waals surface area contributed by atoms with E-state index in [2.05, 4.69) is 5.16 Å². The molecule has 0 aliphatic carbocycles. The van der Waals surface area contributed by atoms with Crippen molar-refractivity contribution in [2.24, 2.45) is 5.16 Å². The molecule has 3 rings (SSSR count). The number of carbonyl (C=O) groups is 1. The fraction of sp³-hybridized carbons (Fsp3) is 0.333. The summed E-state index contributed by atoms with van der Waals surface area (Å²) in [4.78, 5) is 17.8. The van der Waals surface area contributed by atoms with Crippen LogP contribution >= 0.6 is 11.6 Å². The Balaban J connectivity index is 1.53. The topological polar surface area (TPSA) is 71.4 Å². The second kappa shape index (κ2) is 10.1. The van der Waals surface area contributed by atoms with Gasteiger partial charge < -0.3 is 19.6 Å². The highest BCUT2D eigenvalue weighted by Crippen LogP contribution is 2.16. The number of amides is 1. The number of likely N-dealkylation sites (tertiary alicyclic amines) is 1. The molecule has 1 aliphatic rings. The molecule has 7 heteroatoms. The van der Waals surface area contributed by atoms with Crippen LogP contribution in [-0.4, -0.2) is 54.2 Å². The zero-order valence-corrected chi connectivity index (χ0v) is 16.2. The first-order valence-electron chi connectivity index (χ1n) is 9.24. The van der Waals surface area contributed by atoms with E-state index in [9.17, 15) is 4.79 Å². The molecule has 0 radical (unpaired) electrons. The summed E-state index contributed by atoms with van der Waals surface area (Å²) in [5.74, 6) is 0. The van der Waals surface area contributed by atoms with Gasteiger partial charge in [-0.2, -0.15) is 0 Å². The van der Waals surface area contributed by atoms with E-state index < -0.39 is 6.09 Å². The zero-order valence-electron chi connectivity index (χ0n) is 15.5. The van der Waals surface area contributed by atoms with Gasteiger partial charge in [-0.05, 0) is 25.0 Å². The predicted molar refractivity (Wildman–Crippen MR) is 108 cm³/mol. The molecule has 1 saturated heterocycles. The summed E-state index contributed by atoms with van der Waals surface area (Å²) in [5.41, 5.74) is 2.59. The molecule has 1 fully saturated rings. The van der Waals surface area contributed by atoms with Crippen LogP contribution in [0.2, 0.25) is 5.02 Å². The van der Waals surface area contributed by atoms with Gasteiger partial charge in [0.2, 0.25) is 0 Å². The van der Waals surface area contributed by atoms with Gasteiger partial charge in [0, 0.05) is 29.2 Å². The van der Waals surface area contributed by atoms with E-state index in [-0.39, 0.29) is 6.10 Å². The van der Waals surface area contributed by atoms with Gasteiger partial charge in [-0.3, -0.25) is 0 Å². The van der Waals surface area contributed by atoms with E-state index in [4.69, 9.17) is 26.3 Å². The number of halogens is 1. The molecule has 0 aromatic heterocycles. The number of rotatable bonds is 7. The van der Waals surface area contributed by atoms with Crippen molar-refractivity contribution in [2.45, 2.75) is 18.9 Å². The third-order valence-electron chi connectivity index (χ3n) is 4.56. The highest BCUT2D eigenvalue weighted by molar-refractivity contribution is 6.30. The van der Waals surface area contributed by atoms with Crippen LogP contribution in [-0.2, 0) is 9.57 Å². The van der Waals surface area contributed by atoms with E-state index in [0.29, 0.717) is 44.2 Å². The molecular weight excluding hydrogens is 380 g/mol. The molecule has 1 amide bonds. The SMILES string of the molecule is O=C(O)N1CCC(OCCO/N=C(\c2ccccc2)c2ccc(Cl)cc2)CC1. The van der Waals surface area contributed by atoms with Crippen molar-refractivity contribution < 1.29 is 19.5 Å². The van der Waals surface area contributed by atoms with Crippen LogP contribution < -0.4 is 0 Å². The molecule has 6 nitrogen and oxygen atoms in total. The van der Waals surface area contributed by atoms with E-state index in [1.54, 1.807) is 0 Å². The molecule has 1 N–H and O–H groups in total. The van der Waals surface area contributed by atoms with Gasteiger partial charge in [-0.1, -0.05) is 59.2 Å². The number of hydrogen-bond donors (Lipinski definition) is 1. The molecule has 0 spiro atoms. The summed E-state index contributed by atoms with van der Waals surface area (Å²) in [6.45, 7) is 1.74. The molecule has 148 valence electrons. The van der Waals surface area contributed by atoms with Gasteiger partial charge >= 0.3 is 6.09 Å². The molecular formula is C21H23ClN2O4. The molecule has 28 heavy (non-hydrogen) atoms. The standard InChI is InChI=1S/C21H23ClN2O4/c22-18-8-6-17(7-9-18)20(16-4-2-1-3-5-16)23-28-15-14-27-19-10-12-24(13-11-19)21(25)26/h1-9,19H,10-15H2,(H,25,26)/b23-20+. The maximum Gasteiger partial charge on any atom is 0.407 e. The van der Waals surface area contributed by atoms with Crippen molar-refractivity contribution in [3.63, 3.8) is 0 Å². The van der Waals surface area contributed by atoms with Gasteiger partial charge in [0.15, 0.2) is 0 Å². The Morgan fingerprint density at radius 2 is 1.68 bits per heavy atom. The maximum absolute atomic E-state index is 10.9. The van der Waals surface area contributed by atoms with Crippen LogP contribution in [0, 0.1) is 0 Å². The largest absolute Gasteiger partial charge is 0.465 e. The van der Waals surface area contributed by atoms with Gasteiger partial charge in [-0.15, -0.1) is 0 Å². The van der Waals surface area contributed by atoms with Crippen LogP contribution in [0.4, 0.5) is 4.79 Å². The highest BCUT2D eigenvalue weighted by Gasteiger charge is 2.22. The van der Waals surface area contributed by atoms with Crippen molar-refractivity contribution in [2.75, 3.05) is 26.3 Å². The Kier molecular flexibility index (Phi) is 7.28. The molecule has 1 heterocycles. The summed E-state index contributed by atoms with van der Waals surface area (Å²) >= 11 is 5.98. The minimum absolute atomic E-state index is 0.0630. The highest BCUT2D eigenvalue weighted by atomic mass is 35.5. The number of oxime groups is 1. The zero-order chi connectivity index (χ0) is 19.8. The number of carboxylic acid groups (broad SMARTS) is 1. The maximum atomic E-state index is 10.9. The Hall–Kier alpha value is -2.57. The quantitative estimate of drug-likeness (QED) is 0.426. The molecule has 0 bridgehead atoms. The summed E-state index contributed by atoms with van der Waals surface area (Å²) < 4.78 is 5.79. The number of benzene rings is 2. The molecule has 0 unspecified atom stereocenters. The van der Waals surface area contributed by atoms with Gasteiger partial charge in [0.05, 0.1) is 12.7 Å². The Morgan fingerprint density at radius 1 is 1.04 bits per heavy atom. The first-order chi connectivity index (χ1) is 13.6. The Bertz CT molecular complexity index is 788. The lowest BCUT2D eigenvalue weighted by Gasteiger charge is -2.29. The Morgan fingerprint density at radius 3 is 2.32 bits per heavy atom. The number of hydrogen-bond acceptors (Lipinski definition) is 4. The molecule has 0 atom stereocenters. The van der Waals surface area contributed by atoms with Crippen LogP contribution in [0.3, 0.4) is 0 Å². The van der Waals surface area contributed by atoms with E-state index in [1.807, 2.05) is 54.6 Å². The van der Waals surface area contributed by atoms with Crippen LogP contribution in [0.5, 0.6) is 0 Å². The Labute approximate surface area is 169 Å². The third-order valence-corrected chi connectivity index (χ3v) is 4.81. The minimum atomic E-state index is -0.869. The van der Waals surface area contributed by atoms with Gasteiger partial charge in [0.25, 0.3) is 0 Å². The first-order valence-corrected chi connectivity index (χ1v) is 9.62. The second-order valence-corrected chi connectivity index (χ2v) is 6.92. The molecule has 2 aromatic rings. The fourth-order valence-electron chi connectivity index (χ4n) is 3.05. The lowest BCUT2D eigenvalue weighted by molar-refractivity contribution is -0.0192. The fourth-order valence-corrected chi connectivity index (χ4v) is 3.18. The van der Waals surface area contributed by atoms with Crippen LogP contribution in [0.15, 0.2) is 59.8 Å². The van der Waals surface area contributed by atoms with Crippen molar-refractivity contribution in [1.29, 1.82) is 0 Å². The summed E-state index contributed by atoms with van der Waals surface area (Å²) in [6.07, 6.45) is 0.602. The number of nitrogens with zero attached hydrogens (tertiary/aromatic N) is 2. The smallest absolute Gasteiger partial charge is 0.407 e. The minimum Gasteiger partial charge on any atom is -0.465 e. The number of piperidine rings is 1. The normalized spacial score (nSPS) is 15.5. The number of ether oxygens (including phenoxy) is 1. The van der Waals surface area contributed by atoms with E-state index >= 15 is 0 Å². The molecule has 1 aliphatic heterocycles. The summed E-state index contributed by atoms with van der Waals surface area (Å²) in [6, 6.07) is 17.3. The van der Waals surface area contributed by atoms with Crippen molar-refractivity contribution in [3.8, 4) is 0 Å². The summed E-state index contributed by atoms with van der Waals surface area (Å²) in [7, 11) is 0. The monoisotopic (exact) mass is 402 g/mol. The average molecular weight is 403 g/mol. The van der Waals surface area contributed by atoms with Crippen molar-refractivity contribution >= 4 is 23.4 Å². The van der Waals surface area contributed by atoms with Gasteiger partial charge in [-0.25, -0.2) is 4.79 Å². The van der Waals surface area contributed by atoms with Crippen LogP contribution in [0.1, 0.15) is 24.0 Å². The average Bonchev–Trinajstić information content (AvgIpc) is 2.72. The van der Waals surface area contributed by atoms with E-state index in [1.165, 1.54) is 4.90 Å². The van der Waals surface area contributed by atoms with Crippen LogP contribution in [0.25, 0.3) is 0 Å². The molecule has 0 saturated carbocycles. The van der Waals surface area contributed by atoms with E-state index in [0.717, 1.165) is 16.8 Å². The van der Waals surface area contributed by atoms with Crippen molar-refractivity contribution in [1.82, 2.24) is 4.90 Å².